The normalized spacial score (nSPS) is 11.1. The Hall–Kier alpha value is -0.410. The van der Waals surface area contributed by atoms with Gasteiger partial charge in [0.05, 0.1) is 0 Å². The highest BCUT2D eigenvalue weighted by Gasteiger charge is 2.05. The molecule has 0 spiro atoms. The zero-order chi connectivity index (χ0) is 10.8. The number of hydrogen-bond acceptors (Lipinski definition) is 1. The van der Waals surface area contributed by atoms with Gasteiger partial charge in [0.15, 0.2) is 0 Å². The van der Waals surface area contributed by atoms with E-state index in [0.29, 0.717) is 0 Å². The first-order chi connectivity index (χ1) is 7.22. The highest BCUT2D eigenvalue weighted by molar-refractivity contribution is 9.10. The van der Waals surface area contributed by atoms with E-state index in [4.69, 9.17) is 0 Å². The molecule has 0 radical (unpaired) electrons. The fraction of sp³-hybridized carbons (Fsp3) is 0.333. The fourth-order valence-corrected chi connectivity index (χ4v) is 2.79. The summed E-state index contributed by atoms with van der Waals surface area (Å²) >= 11 is 5.47. The molecule has 1 aromatic heterocycles. The summed E-state index contributed by atoms with van der Waals surface area (Å²) in [4.78, 5) is 0. The second-order valence-corrected chi connectivity index (χ2v) is 5.72. The molecular formula is C12H14BrNS. The Morgan fingerprint density at radius 1 is 1.33 bits per heavy atom. The van der Waals surface area contributed by atoms with Gasteiger partial charge in [-0.05, 0) is 30.0 Å². The molecule has 0 saturated carbocycles. The van der Waals surface area contributed by atoms with Crippen LogP contribution >= 0.6 is 27.7 Å². The highest BCUT2D eigenvalue weighted by Crippen LogP contribution is 2.24. The maximum Gasteiger partial charge on any atom is 0.0480 e. The van der Waals surface area contributed by atoms with E-state index in [1.807, 2.05) is 11.8 Å². The van der Waals surface area contributed by atoms with Gasteiger partial charge in [0, 0.05) is 33.9 Å². The predicted octanol–water partition coefficient (Wildman–Crippen LogP) is 4.19. The molecule has 0 bridgehead atoms. The molecule has 0 unspecified atom stereocenters. The van der Waals surface area contributed by atoms with Crippen LogP contribution in [0.2, 0.25) is 0 Å². The highest BCUT2D eigenvalue weighted by atomic mass is 79.9. The van der Waals surface area contributed by atoms with Gasteiger partial charge in [-0.1, -0.05) is 22.9 Å². The first kappa shape index (κ1) is 11.1. The zero-order valence-corrected chi connectivity index (χ0v) is 11.4. The average Bonchev–Trinajstić information content (AvgIpc) is 2.52. The van der Waals surface area contributed by atoms with Gasteiger partial charge in [-0.3, -0.25) is 0 Å². The van der Waals surface area contributed by atoms with Crippen LogP contribution in [0.5, 0.6) is 0 Å². The lowest BCUT2D eigenvalue weighted by Crippen LogP contribution is -1.93. The third-order valence-corrected chi connectivity index (χ3v) is 3.96. The van der Waals surface area contributed by atoms with Gasteiger partial charge >= 0.3 is 0 Å². The average molecular weight is 284 g/mol. The smallest absolute Gasteiger partial charge is 0.0480 e. The van der Waals surface area contributed by atoms with Gasteiger partial charge in [0.2, 0.25) is 0 Å². The molecule has 0 atom stereocenters. The Kier molecular flexibility index (Phi) is 3.42. The first-order valence-electron chi connectivity index (χ1n) is 5.04. The van der Waals surface area contributed by atoms with Crippen LogP contribution in [0.25, 0.3) is 10.9 Å². The molecular weight excluding hydrogens is 270 g/mol. The topological polar surface area (TPSA) is 4.93 Å². The van der Waals surface area contributed by atoms with Crippen molar-refractivity contribution in [1.29, 1.82) is 0 Å². The molecule has 0 aliphatic heterocycles. The largest absolute Gasteiger partial charge is 0.347 e. The van der Waals surface area contributed by atoms with Crippen molar-refractivity contribution in [2.45, 2.75) is 12.7 Å². The Morgan fingerprint density at radius 2 is 2.13 bits per heavy atom. The second-order valence-electron chi connectivity index (χ2n) is 3.53. The van der Waals surface area contributed by atoms with Crippen molar-refractivity contribution in [3.8, 4) is 0 Å². The number of aryl methyl sites for hydroxylation is 1. The van der Waals surface area contributed by atoms with Crippen LogP contribution < -0.4 is 0 Å². The van der Waals surface area contributed by atoms with Crippen LogP contribution in [-0.2, 0) is 12.8 Å². The Balaban J connectivity index is 2.44. The van der Waals surface area contributed by atoms with Crippen molar-refractivity contribution in [2.75, 3.05) is 5.75 Å². The molecule has 2 rings (SSSR count). The van der Waals surface area contributed by atoms with Crippen LogP contribution in [0.15, 0.2) is 28.7 Å². The Labute approximate surface area is 103 Å². The molecule has 2 aromatic rings. The molecule has 0 aliphatic rings. The molecule has 1 nitrogen and oxygen atoms in total. The standard InChI is InChI=1S/C12H14BrNS/c1-3-15-8-11-7-9-6-10(13)4-5-12(9)14(11)2/h4-7H,3,8H2,1-2H3. The van der Waals surface area contributed by atoms with E-state index in [2.05, 4.69) is 58.7 Å². The quantitative estimate of drug-likeness (QED) is 0.818. The molecule has 0 aliphatic carbocycles. The summed E-state index contributed by atoms with van der Waals surface area (Å²) in [6, 6.07) is 8.72. The summed E-state index contributed by atoms with van der Waals surface area (Å²) in [5.41, 5.74) is 2.71. The SMILES string of the molecule is CCSCc1cc2cc(Br)ccc2n1C. The number of fused-ring (bicyclic) bond motifs is 1. The molecule has 0 saturated heterocycles. The van der Waals surface area contributed by atoms with Crippen LogP contribution in [-0.4, -0.2) is 10.3 Å². The summed E-state index contributed by atoms with van der Waals surface area (Å²) in [7, 11) is 2.14. The van der Waals surface area contributed by atoms with Gasteiger partial charge in [-0.15, -0.1) is 0 Å². The van der Waals surface area contributed by atoms with Crippen molar-refractivity contribution in [3.05, 3.63) is 34.4 Å². The van der Waals surface area contributed by atoms with Gasteiger partial charge in [-0.25, -0.2) is 0 Å². The fourth-order valence-electron chi connectivity index (χ4n) is 1.72. The molecule has 0 N–H and O–H groups in total. The van der Waals surface area contributed by atoms with Crippen LogP contribution in [0.4, 0.5) is 0 Å². The number of halogens is 1. The zero-order valence-electron chi connectivity index (χ0n) is 8.96. The molecule has 15 heavy (non-hydrogen) atoms. The molecule has 1 heterocycles. The third-order valence-electron chi connectivity index (χ3n) is 2.56. The predicted molar refractivity (Wildman–Crippen MR) is 72.5 cm³/mol. The summed E-state index contributed by atoms with van der Waals surface area (Å²) in [5, 5.41) is 1.32. The Morgan fingerprint density at radius 3 is 2.87 bits per heavy atom. The number of thioether (sulfide) groups is 1. The van der Waals surface area contributed by atoms with E-state index in [9.17, 15) is 0 Å². The van der Waals surface area contributed by atoms with E-state index in [1.54, 1.807) is 0 Å². The maximum atomic E-state index is 3.50. The molecule has 0 fully saturated rings. The van der Waals surface area contributed by atoms with Crippen molar-refractivity contribution < 1.29 is 0 Å². The second kappa shape index (κ2) is 4.62. The number of hydrogen-bond donors (Lipinski definition) is 0. The summed E-state index contributed by atoms with van der Waals surface area (Å²) in [5.74, 6) is 2.27. The minimum absolute atomic E-state index is 1.10. The molecule has 0 amide bonds. The van der Waals surface area contributed by atoms with E-state index in [0.717, 1.165) is 10.2 Å². The maximum absolute atomic E-state index is 3.50. The van der Waals surface area contributed by atoms with Crippen molar-refractivity contribution >= 4 is 38.6 Å². The van der Waals surface area contributed by atoms with Crippen LogP contribution in [0, 0.1) is 0 Å². The number of aromatic nitrogens is 1. The molecule has 80 valence electrons. The summed E-state index contributed by atoms with van der Waals surface area (Å²) in [6.45, 7) is 2.20. The lowest BCUT2D eigenvalue weighted by molar-refractivity contribution is 0.909. The van der Waals surface area contributed by atoms with Gasteiger partial charge in [0.25, 0.3) is 0 Å². The summed E-state index contributed by atoms with van der Waals surface area (Å²) < 4.78 is 3.43. The Bertz CT molecular complexity index is 476. The lowest BCUT2D eigenvalue weighted by Gasteiger charge is -2.02. The molecule has 1 aromatic carbocycles. The summed E-state index contributed by atoms with van der Waals surface area (Å²) in [6.07, 6.45) is 0. The van der Waals surface area contributed by atoms with Crippen molar-refractivity contribution in [1.82, 2.24) is 4.57 Å². The lowest BCUT2D eigenvalue weighted by atomic mass is 10.2. The minimum Gasteiger partial charge on any atom is -0.347 e. The van der Waals surface area contributed by atoms with E-state index >= 15 is 0 Å². The van der Waals surface area contributed by atoms with Crippen molar-refractivity contribution in [2.24, 2.45) is 7.05 Å². The monoisotopic (exact) mass is 283 g/mol. The van der Waals surface area contributed by atoms with Crippen LogP contribution in [0.3, 0.4) is 0 Å². The first-order valence-corrected chi connectivity index (χ1v) is 6.98. The van der Waals surface area contributed by atoms with E-state index in [-0.39, 0.29) is 0 Å². The van der Waals surface area contributed by atoms with Crippen LogP contribution in [0.1, 0.15) is 12.6 Å². The number of rotatable bonds is 3. The van der Waals surface area contributed by atoms with Gasteiger partial charge in [-0.2, -0.15) is 11.8 Å². The van der Waals surface area contributed by atoms with E-state index in [1.165, 1.54) is 22.3 Å². The molecule has 3 heteroatoms. The van der Waals surface area contributed by atoms with Gasteiger partial charge in [0.1, 0.15) is 0 Å². The third kappa shape index (κ3) is 2.23. The number of nitrogens with zero attached hydrogens (tertiary/aromatic N) is 1. The van der Waals surface area contributed by atoms with E-state index < -0.39 is 0 Å². The number of benzene rings is 1. The van der Waals surface area contributed by atoms with Gasteiger partial charge < -0.3 is 4.57 Å². The van der Waals surface area contributed by atoms with Crippen molar-refractivity contribution in [3.63, 3.8) is 0 Å². The minimum atomic E-state index is 1.10.